The van der Waals surface area contributed by atoms with Gasteiger partial charge in [-0.1, -0.05) is 0 Å². The van der Waals surface area contributed by atoms with Gasteiger partial charge >= 0.3 is 12.0 Å². The van der Waals surface area contributed by atoms with Gasteiger partial charge in [0.15, 0.2) is 5.69 Å². The molecule has 28 heavy (non-hydrogen) atoms. The second kappa shape index (κ2) is 10.7. The summed E-state index contributed by atoms with van der Waals surface area (Å²) in [4.78, 5) is 29.7. The van der Waals surface area contributed by atoms with Crippen molar-refractivity contribution < 1.29 is 23.5 Å². The minimum atomic E-state index is -0.611. The molecule has 1 N–H and O–H groups in total. The molecule has 0 unspecified atom stereocenters. The number of nitrogens with zero attached hydrogens (tertiary/aromatic N) is 3. The SMILES string of the molecule is CCOCCCN(Cc1nc(C(=O)OC)co1)C(=O)Nc1ccc(C#N)cc1. The molecule has 9 nitrogen and oxygen atoms in total. The van der Waals surface area contributed by atoms with Gasteiger partial charge in [0, 0.05) is 25.4 Å². The number of oxazole rings is 1. The van der Waals surface area contributed by atoms with Gasteiger partial charge in [-0.05, 0) is 37.6 Å². The van der Waals surface area contributed by atoms with Gasteiger partial charge in [-0.2, -0.15) is 5.26 Å². The number of anilines is 1. The molecule has 1 aromatic heterocycles. The van der Waals surface area contributed by atoms with Crippen molar-refractivity contribution >= 4 is 17.7 Å². The first kappa shape index (κ1) is 20.9. The van der Waals surface area contributed by atoms with Crippen LogP contribution in [0.1, 0.15) is 35.3 Å². The van der Waals surface area contributed by atoms with Crippen molar-refractivity contribution in [3.05, 3.63) is 47.7 Å². The minimum Gasteiger partial charge on any atom is -0.464 e. The number of benzene rings is 1. The van der Waals surface area contributed by atoms with Gasteiger partial charge in [0.1, 0.15) is 6.26 Å². The van der Waals surface area contributed by atoms with E-state index in [1.807, 2.05) is 13.0 Å². The highest BCUT2D eigenvalue weighted by Gasteiger charge is 2.19. The van der Waals surface area contributed by atoms with Gasteiger partial charge in [-0.15, -0.1) is 0 Å². The first-order valence-electron chi connectivity index (χ1n) is 8.74. The van der Waals surface area contributed by atoms with Crippen LogP contribution in [0.4, 0.5) is 10.5 Å². The quantitative estimate of drug-likeness (QED) is 0.520. The summed E-state index contributed by atoms with van der Waals surface area (Å²) >= 11 is 0. The number of aromatic nitrogens is 1. The van der Waals surface area contributed by atoms with Crippen molar-refractivity contribution in [2.24, 2.45) is 0 Å². The Hall–Kier alpha value is -3.38. The molecule has 0 bridgehead atoms. The number of hydrogen-bond acceptors (Lipinski definition) is 7. The van der Waals surface area contributed by atoms with Crippen LogP contribution >= 0.6 is 0 Å². The Morgan fingerprint density at radius 3 is 2.71 bits per heavy atom. The molecule has 2 rings (SSSR count). The monoisotopic (exact) mass is 386 g/mol. The number of carbonyl (C=O) groups is 2. The van der Waals surface area contributed by atoms with Crippen LogP contribution in [0, 0.1) is 11.3 Å². The Bertz CT molecular complexity index is 826. The number of ether oxygens (including phenoxy) is 2. The summed E-state index contributed by atoms with van der Waals surface area (Å²) in [5.41, 5.74) is 1.10. The zero-order chi connectivity index (χ0) is 20.4. The smallest absolute Gasteiger partial charge is 0.360 e. The molecule has 0 saturated heterocycles. The van der Waals surface area contributed by atoms with E-state index in [4.69, 9.17) is 14.4 Å². The fourth-order valence-corrected chi connectivity index (χ4v) is 2.33. The van der Waals surface area contributed by atoms with Crippen LogP contribution in [0.25, 0.3) is 0 Å². The number of esters is 1. The number of carbonyl (C=O) groups excluding carboxylic acids is 2. The lowest BCUT2D eigenvalue weighted by molar-refractivity contribution is 0.0594. The molecule has 0 fully saturated rings. The highest BCUT2D eigenvalue weighted by Crippen LogP contribution is 2.13. The standard InChI is InChI=1S/C19H22N4O5/c1-3-27-10-4-9-23(12-17-22-16(13-28-17)18(24)26-2)19(25)21-15-7-5-14(11-20)6-8-15/h5-8,13H,3-4,9-10,12H2,1-2H3,(H,21,25). The van der Waals surface area contributed by atoms with Gasteiger partial charge < -0.3 is 24.1 Å². The van der Waals surface area contributed by atoms with E-state index in [-0.39, 0.29) is 24.2 Å². The molecule has 0 radical (unpaired) electrons. The molecule has 2 amide bonds. The number of amides is 2. The average Bonchev–Trinajstić information content (AvgIpc) is 3.18. The maximum Gasteiger partial charge on any atom is 0.360 e. The third kappa shape index (κ3) is 6.10. The molecule has 0 atom stereocenters. The van der Waals surface area contributed by atoms with Crippen LogP contribution in [0.2, 0.25) is 0 Å². The maximum absolute atomic E-state index is 12.7. The zero-order valence-corrected chi connectivity index (χ0v) is 15.8. The van der Waals surface area contributed by atoms with Crippen molar-refractivity contribution in [2.75, 3.05) is 32.2 Å². The zero-order valence-electron chi connectivity index (χ0n) is 15.8. The van der Waals surface area contributed by atoms with Crippen LogP contribution in [-0.4, -0.2) is 48.8 Å². The Morgan fingerprint density at radius 2 is 2.07 bits per heavy atom. The summed E-state index contributed by atoms with van der Waals surface area (Å²) in [5.74, 6) is -0.397. The number of methoxy groups -OCH3 is 1. The van der Waals surface area contributed by atoms with E-state index in [9.17, 15) is 9.59 Å². The van der Waals surface area contributed by atoms with Crippen molar-refractivity contribution in [1.29, 1.82) is 5.26 Å². The summed E-state index contributed by atoms with van der Waals surface area (Å²) in [6.45, 7) is 3.48. The third-order valence-electron chi connectivity index (χ3n) is 3.75. The lowest BCUT2D eigenvalue weighted by atomic mass is 10.2. The number of rotatable bonds is 9. The topological polar surface area (TPSA) is 118 Å². The molecule has 1 heterocycles. The molecular weight excluding hydrogens is 364 g/mol. The lowest BCUT2D eigenvalue weighted by Gasteiger charge is -2.21. The van der Waals surface area contributed by atoms with E-state index in [0.29, 0.717) is 37.4 Å². The molecular formula is C19H22N4O5. The normalized spacial score (nSPS) is 10.2. The molecule has 9 heteroatoms. The summed E-state index contributed by atoms with van der Waals surface area (Å²) < 4.78 is 15.2. The van der Waals surface area contributed by atoms with E-state index < -0.39 is 5.97 Å². The van der Waals surface area contributed by atoms with Crippen molar-refractivity contribution in [2.45, 2.75) is 19.9 Å². The first-order valence-corrected chi connectivity index (χ1v) is 8.74. The fraction of sp³-hybridized carbons (Fsp3) is 0.368. The summed E-state index contributed by atoms with van der Waals surface area (Å²) in [6, 6.07) is 8.19. The van der Waals surface area contributed by atoms with Gasteiger partial charge in [-0.25, -0.2) is 14.6 Å². The molecule has 148 valence electrons. The van der Waals surface area contributed by atoms with E-state index in [1.165, 1.54) is 18.3 Å². The van der Waals surface area contributed by atoms with Crippen LogP contribution in [0.3, 0.4) is 0 Å². The Morgan fingerprint density at radius 1 is 1.32 bits per heavy atom. The Balaban J connectivity index is 2.06. The highest BCUT2D eigenvalue weighted by molar-refractivity contribution is 5.89. The van der Waals surface area contributed by atoms with Crippen LogP contribution in [0.5, 0.6) is 0 Å². The van der Waals surface area contributed by atoms with Crippen molar-refractivity contribution in [3.63, 3.8) is 0 Å². The largest absolute Gasteiger partial charge is 0.464 e. The highest BCUT2D eigenvalue weighted by atomic mass is 16.5. The van der Waals surface area contributed by atoms with Crippen LogP contribution < -0.4 is 5.32 Å². The van der Waals surface area contributed by atoms with Crippen molar-refractivity contribution in [1.82, 2.24) is 9.88 Å². The number of nitriles is 1. The van der Waals surface area contributed by atoms with E-state index in [0.717, 1.165) is 0 Å². The second-order valence-electron chi connectivity index (χ2n) is 5.71. The van der Waals surface area contributed by atoms with E-state index in [1.54, 1.807) is 24.3 Å². The fourth-order valence-electron chi connectivity index (χ4n) is 2.33. The predicted molar refractivity (Wildman–Crippen MR) is 99.5 cm³/mol. The molecule has 0 aliphatic carbocycles. The lowest BCUT2D eigenvalue weighted by Crippen LogP contribution is -2.35. The molecule has 0 spiro atoms. The molecule has 1 aromatic carbocycles. The minimum absolute atomic E-state index is 0.0410. The summed E-state index contributed by atoms with van der Waals surface area (Å²) in [7, 11) is 1.25. The van der Waals surface area contributed by atoms with Gasteiger partial charge in [0.2, 0.25) is 5.89 Å². The average molecular weight is 386 g/mol. The third-order valence-corrected chi connectivity index (χ3v) is 3.75. The van der Waals surface area contributed by atoms with E-state index >= 15 is 0 Å². The van der Waals surface area contributed by atoms with Crippen molar-refractivity contribution in [3.8, 4) is 6.07 Å². The summed E-state index contributed by atoms with van der Waals surface area (Å²) in [6.07, 6.45) is 1.82. The molecule has 2 aromatic rings. The van der Waals surface area contributed by atoms with E-state index in [2.05, 4.69) is 15.0 Å². The summed E-state index contributed by atoms with van der Waals surface area (Å²) in [5, 5.41) is 11.6. The number of hydrogen-bond donors (Lipinski definition) is 1. The molecule has 0 aliphatic rings. The van der Waals surface area contributed by atoms with Crippen LogP contribution in [-0.2, 0) is 16.0 Å². The van der Waals surface area contributed by atoms with Gasteiger partial charge in [-0.3, -0.25) is 0 Å². The maximum atomic E-state index is 12.7. The second-order valence-corrected chi connectivity index (χ2v) is 5.71. The molecule has 0 saturated carbocycles. The Labute approximate surface area is 162 Å². The number of urea groups is 1. The number of nitrogens with one attached hydrogen (secondary N) is 1. The predicted octanol–water partition coefficient (Wildman–Crippen LogP) is 2.79. The van der Waals surface area contributed by atoms with Gasteiger partial charge in [0.05, 0.1) is 25.3 Å². The Kier molecular flexibility index (Phi) is 7.99. The van der Waals surface area contributed by atoms with Crippen LogP contribution in [0.15, 0.2) is 34.9 Å². The van der Waals surface area contributed by atoms with Gasteiger partial charge in [0.25, 0.3) is 0 Å². The first-order chi connectivity index (χ1) is 13.6. The molecule has 0 aliphatic heterocycles.